The Labute approximate surface area is 122 Å². The summed E-state index contributed by atoms with van der Waals surface area (Å²) in [5, 5.41) is 0.382. The van der Waals surface area contributed by atoms with Crippen LogP contribution in [0.1, 0.15) is 0 Å². The Morgan fingerprint density at radius 1 is 1.44 bits per heavy atom. The molecule has 18 heavy (non-hydrogen) atoms. The first-order valence-electron chi connectivity index (χ1n) is 4.77. The molecule has 0 saturated heterocycles. The minimum Gasteiger partial charge on any atom is -0.252 e. The number of pyridine rings is 1. The van der Waals surface area contributed by atoms with Crippen molar-refractivity contribution in [2.24, 2.45) is 0 Å². The SMILES string of the molecule is CN(c1ccccn1)S(=O)(=O)c1cc(Cl)c(Br)s1. The first-order chi connectivity index (χ1) is 8.43. The first-order valence-corrected chi connectivity index (χ1v) is 8.20. The zero-order chi connectivity index (χ0) is 13.3. The van der Waals surface area contributed by atoms with Crippen molar-refractivity contribution in [3.63, 3.8) is 0 Å². The highest BCUT2D eigenvalue weighted by Crippen LogP contribution is 2.36. The molecule has 0 saturated carbocycles. The maximum absolute atomic E-state index is 12.3. The molecule has 0 aliphatic carbocycles. The smallest absolute Gasteiger partial charge is 0.252 e. The van der Waals surface area contributed by atoms with Crippen LogP contribution in [0.3, 0.4) is 0 Å². The van der Waals surface area contributed by atoms with Crippen LogP contribution in [-0.4, -0.2) is 20.4 Å². The quantitative estimate of drug-likeness (QED) is 0.835. The standard InChI is InChI=1S/C10H8BrClN2O2S2/c1-14(8-4-2-3-5-13-8)18(15,16)9-6-7(12)10(11)17-9/h2-6H,1H3. The summed E-state index contributed by atoms with van der Waals surface area (Å²) in [7, 11) is -2.16. The van der Waals surface area contributed by atoms with E-state index in [1.807, 2.05) is 0 Å². The lowest BCUT2D eigenvalue weighted by molar-refractivity contribution is 0.596. The number of rotatable bonds is 3. The molecule has 0 bridgehead atoms. The molecule has 0 N–H and O–H groups in total. The first kappa shape index (κ1) is 13.8. The third-order valence-electron chi connectivity index (χ3n) is 2.21. The Morgan fingerprint density at radius 3 is 2.67 bits per heavy atom. The van der Waals surface area contributed by atoms with Gasteiger partial charge in [-0.05, 0) is 34.1 Å². The highest BCUT2D eigenvalue weighted by molar-refractivity contribution is 9.11. The second-order valence-corrected chi connectivity index (χ2v) is 8.32. The molecule has 96 valence electrons. The summed E-state index contributed by atoms with van der Waals surface area (Å²) < 4.78 is 26.5. The van der Waals surface area contributed by atoms with Gasteiger partial charge in [-0.15, -0.1) is 11.3 Å². The number of thiophene rings is 1. The Hall–Kier alpha value is -0.630. The number of nitrogens with zero attached hydrogens (tertiary/aromatic N) is 2. The summed E-state index contributed by atoms with van der Waals surface area (Å²) >= 11 is 10.1. The van der Waals surface area contributed by atoms with Crippen LogP contribution in [-0.2, 0) is 10.0 Å². The number of sulfonamides is 1. The Balaban J connectivity index is 2.43. The molecule has 2 heterocycles. The zero-order valence-electron chi connectivity index (χ0n) is 9.17. The summed E-state index contributed by atoms with van der Waals surface area (Å²) in [4.78, 5) is 4.01. The van der Waals surface area contributed by atoms with Crippen LogP contribution in [0.5, 0.6) is 0 Å². The van der Waals surface area contributed by atoms with Crippen molar-refractivity contribution in [2.45, 2.75) is 4.21 Å². The van der Waals surface area contributed by atoms with E-state index >= 15 is 0 Å². The predicted molar refractivity (Wildman–Crippen MR) is 76.9 cm³/mol. The minimum absolute atomic E-state index is 0.174. The van der Waals surface area contributed by atoms with Gasteiger partial charge < -0.3 is 0 Å². The van der Waals surface area contributed by atoms with Gasteiger partial charge in [0, 0.05) is 13.2 Å². The third-order valence-corrected chi connectivity index (χ3v) is 6.89. The van der Waals surface area contributed by atoms with Crippen molar-refractivity contribution in [1.82, 2.24) is 4.98 Å². The molecule has 0 spiro atoms. The van der Waals surface area contributed by atoms with Crippen molar-refractivity contribution >= 4 is 54.7 Å². The predicted octanol–water partition coefficient (Wildman–Crippen LogP) is 3.38. The Morgan fingerprint density at radius 2 is 2.17 bits per heavy atom. The van der Waals surface area contributed by atoms with Gasteiger partial charge in [-0.3, -0.25) is 4.31 Å². The van der Waals surface area contributed by atoms with E-state index in [1.165, 1.54) is 13.1 Å². The molecule has 4 nitrogen and oxygen atoms in total. The average molecular weight is 368 g/mol. The van der Waals surface area contributed by atoms with Crippen molar-refractivity contribution < 1.29 is 8.42 Å². The number of hydrogen-bond acceptors (Lipinski definition) is 4. The molecule has 0 amide bonds. The number of anilines is 1. The summed E-state index contributed by atoms with van der Waals surface area (Å²) in [6.07, 6.45) is 1.54. The van der Waals surface area contributed by atoms with Gasteiger partial charge in [0.2, 0.25) is 0 Å². The van der Waals surface area contributed by atoms with Gasteiger partial charge in [0.1, 0.15) is 10.0 Å². The second-order valence-electron chi connectivity index (χ2n) is 3.35. The van der Waals surface area contributed by atoms with E-state index in [4.69, 9.17) is 11.6 Å². The highest BCUT2D eigenvalue weighted by atomic mass is 79.9. The molecule has 0 unspecified atom stereocenters. The van der Waals surface area contributed by atoms with E-state index in [-0.39, 0.29) is 4.21 Å². The van der Waals surface area contributed by atoms with E-state index in [1.54, 1.807) is 24.4 Å². The van der Waals surface area contributed by atoms with Crippen molar-refractivity contribution in [2.75, 3.05) is 11.4 Å². The van der Waals surface area contributed by atoms with Gasteiger partial charge in [0.25, 0.3) is 10.0 Å². The van der Waals surface area contributed by atoms with Gasteiger partial charge >= 0.3 is 0 Å². The summed E-state index contributed by atoms with van der Waals surface area (Å²) in [6.45, 7) is 0. The minimum atomic E-state index is -3.62. The lowest BCUT2D eigenvalue weighted by atomic mass is 10.5. The third kappa shape index (κ3) is 2.54. The van der Waals surface area contributed by atoms with Crippen LogP contribution in [0.4, 0.5) is 5.82 Å². The lowest BCUT2D eigenvalue weighted by Crippen LogP contribution is -2.26. The van der Waals surface area contributed by atoms with Crippen LogP contribution in [0.2, 0.25) is 5.02 Å². The highest BCUT2D eigenvalue weighted by Gasteiger charge is 2.25. The topological polar surface area (TPSA) is 50.3 Å². The molecule has 2 aromatic rings. The van der Waals surface area contributed by atoms with Crippen molar-refractivity contribution in [3.8, 4) is 0 Å². The Kier molecular flexibility index (Phi) is 3.96. The molecule has 0 fully saturated rings. The van der Waals surface area contributed by atoms with Gasteiger partial charge in [0.15, 0.2) is 0 Å². The maximum Gasteiger partial charge on any atom is 0.274 e. The molecule has 0 radical (unpaired) electrons. The van der Waals surface area contributed by atoms with Gasteiger partial charge in [-0.2, -0.15) is 0 Å². The van der Waals surface area contributed by atoms with E-state index in [2.05, 4.69) is 20.9 Å². The van der Waals surface area contributed by atoms with Gasteiger partial charge in [-0.25, -0.2) is 13.4 Å². The molecular formula is C10H8BrClN2O2S2. The summed E-state index contributed by atoms with van der Waals surface area (Å²) in [6, 6.07) is 6.50. The molecular weight excluding hydrogens is 360 g/mol. The number of aromatic nitrogens is 1. The van der Waals surface area contributed by atoms with Gasteiger partial charge in [0.05, 0.1) is 8.81 Å². The lowest BCUT2D eigenvalue weighted by Gasteiger charge is -2.16. The molecule has 8 heteroatoms. The van der Waals surface area contributed by atoms with Crippen LogP contribution in [0.25, 0.3) is 0 Å². The average Bonchev–Trinajstić information content (AvgIpc) is 2.70. The summed E-state index contributed by atoms with van der Waals surface area (Å²) in [5.41, 5.74) is 0. The fourth-order valence-electron chi connectivity index (χ4n) is 1.25. The molecule has 2 rings (SSSR count). The molecule has 0 atom stereocenters. The zero-order valence-corrected chi connectivity index (χ0v) is 13.1. The second kappa shape index (κ2) is 5.16. The molecule has 0 aliphatic heterocycles. The summed E-state index contributed by atoms with van der Waals surface area (Å²) in [5.74, 6) is 0.359. The fraction of sp³-hybridized carbons (Fsp3) is 0.100. The largest absolute Gasteiger partial charge is 0.274 e. The van der Waals surface area contributed by atoms with Crippen LogP contribution < -0.4 is 4.31 Å². The van der Waals surface area contributed by atoms with E-state index < -0.39 is 10.0 Å². The van der Waals surface area contributed by atoms with E-state index in [0.29, 0.717) is 14.6 Å². The number of hydrogen-bond donors (Lipinski definition) is 0. The van der Waals surface area contributed by atoms with Crippen LogP contribution >= 0.6 is 38.9 Å². The maximum atomic E-state index is 12.3. The normalized spacial score (nSPS) is 11.5. The number of halogens is 2. The van der Waals surface area contributed by atoms with Crippen molar-refractivity contribution in [3.05, 3.63) is 39.3 Å². The van der Waals surface area contributed by atoms with E-state index in [9.17, 15) is 8.42 Å². The molecule has 2 aromatic heterocycles. The van der Waals surface area contributed by atoms with Crippen LogP contribution in [0.15, 0.2) is 38.5 Å². The van der Waals surface area contributed by atoms with Gasteiger partial charge in [-0.1, -0.05) is 17.7 Å². The molecule has 0 aliphatic rings. The van der Waals surface area contributed by atoms with E-state index in [0.717, 1.165) is 15.6 Å². The fourth-order valence-corrected chi connectivity index (χ4v) is 4.97. The monoisotopic (exact) mass is 366 g/mol. The van der Waals surface area contributed by atoms with Crippen molar-refractivity contribution in [1.29, 1.82) is 0 Å². The molecule has 0 aromatic carbocycles. The Bertz CT molecular complexity index is 638. The van der Waals surface area contributed by atoms with Crippen LogP contribution in [0, 0.1) is 0 Å².